The Labute approximate surface area is 184 Å². The van der Waals surface area contributed by atoms with Crippen LogP contribution >= 0.6 is 0 Å². The van der Waals surface area contributed by atoms with Gasteiger partial charge in [0, 0.05) is 25.2 Å². The first-order chi connectivity index (χ1) is 15.0. The molecular formula is C26H31N3O2. The molecule has 0 aromatic heterocycles. The third-order valence-electron chi connectivity index (χ3n) is 7.59. The van der Waals surface area contributed by atoms with Crippen molar-refractivity contribution in [3.8, 4) is 0 Å². The number of fused-ring (bicyclic) bond motifs is 4. The van der Waals surface area contributed by atoms with Gasteiger partial charge in [0.2, 0.25) is 5.91 Å². The molecule has 0 radical (unpaired) electrons. The molecule has 0 unspecified atom stereocenters. The van der Waals surface area contributed by atoms with Crippen LogP contribution in [0.2, 0.25) is 0 Å². The molecule has 0 aliphatic carbocycles. The van der Waals surface area contributed by atoms with E-state index in [1.165, 1.54) is 11.1 Å². The van der Waals surface area contributed by atoms with E-state index in [9.17, 15) is 9.59 Å². The number of carbonyl (C=O) groups excluding carboxylic acids is 2. The third-order valence-corrected chi connectivity index (χ3v) is 7.59. The van der Waals surface area contributed by atoms with Gasteiger partial charge in [-0.25, -0.2) is 0 Å². The van der Waals surface area contributed by atoms with Crippen molar-refractivity contribution in [2.75, 3.05) is 20.1 Å². The molecule has 3 heterocycles. The number of piperidine rings is 2. The van der Waals surface area contributed by atoms with Crippen molar-refractivity contribution in [3.63, 3.8) is 0 Å². The Morgan fingerprint density at radius 2 is 2.00 bits per heavy atom. The molecule has 5 nitrogen and oxygen atoms in total. The molecule has 0 bridgehead atoms. The van der Waals surface area contributed by atoms with Crippen molar-refractivity contribution in [2.45, 2.75) is 50.7 Å². The summed E-state index contributed by atoms with van der Waals surface area (Å²) >= 11 is 0. The number of hydrogen-bond donors (Lipinski definition) is 1. The Morgan fingerprint density at radius 3 is 2.81 bits per heavy atom. The summed E-state index contributed by atoms with van der Waals surface area (Å²) in [6, 6.07) is 16.6. The second-order valence-corrected chi connectivity index (χ2v) is 9.26. The van der Waals surface area contributed by atoms with Crippen LogP contribution in [0.25, 0.3) is 0 Å². The number of hydrogen-bond acceptors (Lipinski definition) is 3. The second kappa shape index (κ2) is 8.12. The van der Waals surface area contributed by atoms with Crippen LogP contribution in [0.3, 0.4) is 0 Å². The van der Waals surface area contributed by atoms with Crippen molar-refractivity contribution in [1.82, 2.24) is 15.1 Å². The summed E-state index contributed by atoms with van der Waals surface area (Å²) in [4.78, 5) is 30.2. The highest BCUT2D eigenvalue weighted by Crippen LogP contribution is 2.41. The summed E-state index contributed by atoms with van der Waals surface area (Å²) < 4.78 is 0. The minimum absolute atomic E-state index is 0.00509. The summed E-state index contributed by atoms with van der Waals surface area (Å²) in [6.45, 7) is 3.83. The van der Waals surface area contributed by atoms with Gasteiger partial charge in [-0.3, -0.25) is 9.59 Å². The van der Waals surface area contributed by atoms with E-state index in [-0.39, 0.29) is 30.0 Å². The lowest BCUT2D eigenvalue weighted by molar-refractivity contribution is -0.145. The van der Waals surface area contributed by atoms with Gasteiger partial charge < -0.3 is 15.1 Å². The molecule has 3 aliphatic heterocycles. The molecule has 2 saturated heterocycles. The maximum atomic E-state index is 13.2. The molecule has 0 spiro atoms. The highest BCUT2D eigenvalue weighted by atomic mass is 16.2. The second-order valence-electron chi connectivity index (χ2n) is 9.26. The van der Waals surface area contributed by atoms with Crippen LogP contribution in [0.4, 0.5) is 0 Å². The van der Waals surface area contributed by atoms with Crippen LogP contribution in [0.15, 0.2) is 48.5 Å². The van der Waals surface area contributed by atoms with Crippen LogP contribution in [-0.4, -0.2) is 47.8 Å². The Hall–Kier alpha value is -2.66. The van der Waals surface area contributed by atoms with Gasteiger partial charge in [0.15, 0.2) is 0 Å². The number of rotatable bonds is 3. The molecule has 5 rings (SSSR count). The van der Waals surface area contributed by atoms with E-state index in [4.69, 9.17) is 0 Å². The van der Waals surface area contributed by atoms with E-state index in [0.717, 1.165) is 49.9 Å². The normalized spacial score (nSPS) is 25.8. The first kappa shape index (κ1) is 20.3. The van der Waals surface area contributed by atoms with E-state index in [0.29, 0.717) is 5.91 Å². The SMILES string of the molecule is C[C@H](c1ccccc1)N(C)C(=O)c1ccc2c(c1)CCN1C(=O)[C@H]3CCCN[C@H]3C[C@H]21. The average Bonchev–Trinajstić information content (AvgIpc) is 2.83. The quantitative estimate of drug-likeness (QED) is 0.828. The average molecular weight is 418 g/mol. The van der Waals surface area contributed by atoms with E-state index in [2.05, 4.69) is 41.4 Å². The zero-order valence-corrected chi connectivity index (χ0v) is 18.4. The fourth-order valence-corrected chi connectivity index (χ4v) is 5.65. The van der Waals surface area contributed by atoms with Crippen LogP contribution in [0, 0.1) is 5.92 Å². The van der Waals surface area contributed by atoms with E-state index < -0.39 is 0 Å². The lowest BCUT2D eigenvalue weighted by Crippen LogP contribution is -2.57. The molecule has 2 aromatic carbocycles. The lowest BCUT2D eigenvalue weighted by Gasteiger charge is -2.48. The molecule has 2 aromatic rings. The monoisotopic (exact) mass is 417 g/mol. The molecular weight excluding hydrogens is 386 g/mol. The zero-order valence-electron chi connectivity index (χ0n) is 18.4. The van der Waals surface area contributed by atoms with E-state index in [1.807, 2.05) is 36.2 Å². The minimum atomic E-state index is 0.00509. The van der Waals surface area contributed by atoms with Gasteiger partial charge in [0.05, 0.1) is 18.0 Å². The number of benzene rings is 2. The van der Waals surface area contributed by atoms with Crippen molar-refractivity contribution in [3.05, 3.63) is 70.8 Å². The molecule has 2 fully saturated rings. The summed E-state index contributed by atoms with van der Waals surface area (Å²) in [6.07, 6.45) is 3.89. The summed E-state index contributed by atoms with van der Waals surface area (Å²) in [5.41, 5.74) is 4.30. The van der Waals surface area contributed by atoms with Crippen LogP contribution < -0.4 is 5.32 Å². The summed E-state index contributed by atoms with van der Waals surface area (Å²) in [5.74, 6) is 0.492. The molecule has 5 heteroatoms. The van der Waals surface area contributed by atoms with Gasteiger partial charge in [-0.1, -0.05) is 36.4 Å². The standard InChI is InChI=1S/C26H31N3O2/c1-17(18-7-4-3-5-8-18)28(2)25(30)20-10-11-21-19(15-20)12-14-29-24(21)16-23-22(26(29)31)9-6-13-27-23/h3-5,7-8,10-11,15,17,22-24,27H,6,9,12-14,16H2,1-2H3/t17-,22+,23+,24-/m1/s1. The Morgan fingerprint density at radius 1 is 1.19 bits per heavy atom. The maximum absolute atomic E-state index is 13.2. The van der Waals surface area contributed by atoms with Gasteiger partial charge >= 0.3 is 0 Å². The van der Waals surface area contributed by atoms with Crippen LogP contribution in [-0.2, 0) is 11.2 Å². The smallest absolute Gasteiger partial charge is 0.254 e. The fraction of sp³-hybridized carbons (Fsp3) is 0.462. The van der Waals surface area contributed by atoms with Crippen molar-refractivity contribution in [2.24, 2.45) is 5.92 Å². The maximum Gasteiger partial charge on any atom is 0.254 e. The Kier molecular flexibility index (Phi) is 5.30. The van der Waals surface area contributed by atoms with Crippen molar-refractivity contribution < 1.29 is 9.59 Å². The largest absolute Gasteiger partial charge is 0.335 e. The Balaban J connectivity index is 1.38. The van der Waals surface area contributed by atoms with Crippen molar-refractivity contribution >= 4 is 11.8 Å². The number of nitrogens with zero attached hydrogens (tertiary/aromatic N) is 2. The predicted molar refractivity (Wildman–Crippen MR) is 121 cm³/mol. The van der Waals surface area contributed by atoms with Gasteiger partial charge in [-0.15, -0.1) is 0 Å². The van der Waals surface area contributed by atoms with E-state index >= 15 is 0 Å². The molecule has 3 aliphatic rings. The molecule has 1 N–H and O–H groups in total. The topological polar surface area (TPSA) is 52.7 Å². The third kappa shape index (κ3) is 3.55. The number of nitrogens with one attached hydrogen (secondary N) is 1. The molecule has 162 valence electrons. The minimum Gasteiger partial charge on any atom is -0.335 e. The van der Waals surface area contributed by atoms with Crippen molar-refractivity contribution in [1.29, 1.82) is 0 Å². The molecule has 2 amide bonds. The predicted octanol–water partition coefficient (Wildman–Crippen LogP) is 3.72. The van der Waals surface area contributed by atoms with E-state index in [1.54, 1.807) is 0 Å². The first-order valence-electron chi connectivity index (χ1n) is 11.5. The fourth-order valence-electron chi connectivity index (χ4n) is 5.65. The lowest BCUT2D eigenvalue weighted by atomic mass is 9.77. The number of carbonyl (C=O) groups is 2. The highest BCUT2D eigenvalue weighted by Gasteiger charge is 2.44. The van der Waals surface area contributed by atoms with Gasteiger partial charge in [-0.05, 0) is 68.0 Å². The summed E-state index contributed by atoms with van der Waals surface area (Å²) in [7, 11) is 1.87. The number of amides is 2. The summed E-state index contributed by atoms with van der Waals surface area (Å²) in [5, 5.41) is 3.58. The van der Waals surface area contributed by atoms with Gasteiger partial charge in [0.1, 0.15) is 0 Å². The van der Waals surface area contributed by atoms with Crippen LogP contribution in [0.5, 0.6) is 0 Å². The zero-order chi connectivity index (χ0) is 21.5. The molecule has 0 saturated carbocycles. The molecule has 31 heavy (non-hydrogen) atoms. The van der Waals surface area contributed by atoms with Gasteiger partial charge in [0.25, 0.3) is 5.91 Å². The first-order valence-corrected chi connectivity index (χ1v) is 11.5. The highest BCUT2D eigenvalue weighted by molar-refractivity contribution is 5.94. The Bertz CT molecular complexity index is 989. The van der Waals surface area contributed by atoms with Gasteiger partial charge in [-0.2, -0.15) is 0 Å². The molecule has 4 atom stereocenters. The van der Waals surface area contributed by atoms with Crippen LogP contribution in [0.1, 0.15) is 65.3 Å².